The molecule has 1 aliphatic rings. The molecule has 0 radical (unpaired) electrons. The van der Waals surface area contributed by atoms with Crippen LogP contribution in [-0.4, -0.2) is 10.4 Å². The number of rotatable bonds is 1. The Morgan fingerprint density at radius 2 is 2.00 bits per heavy atom. The summed E-state index contributed by atoms with van der Waals surface area (Å²) in [5.41, 5.74) is 0.736. The maximum atomic E-state index is 11.4. The van der Waals surface area contributed by atoms with Gasteiger partial charge in [-0.15, -0.1) is 0 Å². The van der Waals surface area contributed by atoms with Crippen molar-refractivity contribution < 1.29 is 4.79 Å². The summed E-state index contributed by atoms with van der Waals surface area (Å²) < 4.78 is 1.54. The van der Waals surface area contributed by atoms with Gasteiger partial charge in [-0.2, -0.15) is 0 Å². The highest BCUT2D eigenvalue weighted by molar-refractivity contribution is 5.95. The third-order valence-electron chi connectivity index (χ3n) is 2.32. The highest BCUT2D eigenvalue weighted by Gasteiger charge is 2.11. The van der Waals surface area contributed by atoms with Crippen LogP contribution in [0.1, 0.15) is 19.3 Å². The summed E-state index contributed by atoms with van der Waals surface area (Å²) in [6, 6.07) is 4.99. The highest BCUT2D eigenvalue weighted by atomic mass is 16.1. The molecule has 1 aromatic rings. The molecule has 0 amide bonds. The first kappa shape index (κ1) is 8.94. The van der Waals surface area contributed by atoms with E-state index >= 15 is 0 Å². The molecule has 3 heteroatoms. The number of carbonyl (C=O) groups is 1. The van der Waals surface area contributed by atoms with E-state index in [9.17, 15) is 9.59 Å². The molecule has 72 valence electrons. The zero-order valence-electron chi connectivity index (χ0n) is 7.77. The zero-order valence-corrected chi connectivity index (χ0v) is 7.77. The van der Waals surface area contributed by atoms with E-state index < -0.39 is 0 Å². The third kappa shape index (κ3) is 1.66. The Bertz CT molecular complexity index is 443. The number of pyridine rings is 1. The smallest absolute Gasteiger partial charge is 0.254 e. The molecule has 0 aromatic carbocycles. The minimum absolute atomic E-state index is 0.0755. The van der Waals surface area contributed by atoms with Gasteiger partial charge < -0.3 is 0 Å². The fourth-order valence-electron chi connectivity index (χ4n) is 1.63. The number of nitrogens with zero attached hydrogens (tertiary/aromatic N) is 1. The van der Waals surface area contributed by atoms with Gasteiger partial charge in [-0.25, -0.2) is 0 Å². The van der Waals surface area contributed by atoms with Crippen LogP contribution in [0.2, 0.25) is 0 Å². The van der Waals surface area contributed by atoms with E-state index in [4.69, 9.17) is 0 Å². The fraction of sp³-hybridized carbons (Fsp3) is 0.273. The van der Waals surface area contributed by atoms with Crippen molar-refractivity contribution in [3.05, 3.63) is 40.8 Å². The molecular formula is C11H11NO2. The summed E-state index contributed by atoms with van der Waals surface area (Å²) in [7, 11) is 0. The lowest BCUT2D eigenvalue weighted by molar-refractivity contribution is -0.114. The van der Waals surface area contributed by atoms with Crippen LogP contribution in [0.3, 0.4) is 0 Å². The van der Waals surface area contributed by atoms with Crippen molar-refractivity contribution in [3.8, 4) is 0 Å². The lowest BCUT2D eigenvalue weighted by atomic mass is 10.0. The summed E-state index contributed by atoms with van der Waals surface area (Å²) in [4.78, 5) is 22.6. The first-order valence-electron chi connectivity index (χ1n) is 4.69. The molecule has 0 saturated carbocycles. The van der Waals surface area contributed by atoms with Gasteiger partial charge in [0.05, 0.1) is 0 Å². The minimum atomic E-state index is -0.0755. The van der Waals surface area contributed by atoms with E-state index in [2.05, 4.69) is 0 Å². The van der Waals surface area contributed by atoms with Crippen LogP contribution in [0.25, 0.3) is 5.70 Å². The molecule has 1 aromatic heterocycles. The van der Waals surface area contributed by atoms with Gasteiger partial charge in [-0.05, 0) is 18.9 Å². The molecule has 0 saturated heterocycles. The molecule has 0 atom stereocenters. The van der Waals surface area contributed by atoms with Gasteiger partial charge in [0, 0.05) is 30.5 Å². The van der Waals surface area contributed by atoms with Crippen molar-refractivity contribution in [2.75, 3.05) is 0 Å². The third-order valence-corrected chi connectivity index (χ3v) is 2.32. The van der Waals surface area contributed by atoms with Crippen LogP contribution in [0.5, 0.6) is 0 Å². The van der Waals surface area contributed by atoms with Crippen LogP contribution >= 0.6 is 0 Å². The summed E-state index contributed by atoms with van der Waals surface area (Å²) in [5, 5.41) is 0. The Morgan fingerprint density at radius 1 is 1.14 bits per heavy atom. The van der Waals surface area contributed by atoms with Gasteiger partial charge in [0.15, 0.2) is 5.78 Å². The van der Waals surface area contributed by atoms with E-state index in [1.807, 2.05) is 0 Å². The van der Waals surface area contributed by atoms with Gasteiger partial charge in [0.25, 0.3) is 5.56 Å². The summed E-state index contributed by atoms with van der Waals surface area (Å²) >= 11 is 0. The Morgan fingerprint density at radius 3 is 2.71 bits per heavy atom. The van der Waals surface area contributed by atoms with E-state index in [0.29, 0.717) is 6.42 Å². The van der Waals surface area contributed by atoms with Crippen molar-refractivity contribution in [2.24, 2.45) is 0 Å². The monoisotopic (exact) mass is 189 g/mol. The number of ketones is 1. The lowest BCUT2D eigenvalue weighted by Crippen LogP contribution is -2.19. The van der Waals surface area contributed by atoms with E-state index in [1.165, 1.54) is 10.6 Å². The SMILES string of the molecule is O=C1C=C(n2ccccc2=O)CCC1. The summed E-state index contributed by atoms with van der Waals surface area (Å²) in [6.07, 6.45) is 5.52. The van der Waals surface area contributed by atoms with Crippen molar-refractivity contribution in [3.63, 3.8) is 0 Å². The molecule has 1 aliphatic carbocycles. The molecule has 2 rings (SSSR count). The molecule has 3 nitrogen and oxygen atoms in total. The zero-order chi connectivity index (χ0) is 9.97. The number of hydrogen-bond acceptors (Lipinski definition) is 2. The molecule has 0 bridgehead atoms. The summed E-state index contributed by atoms with van der Waals surface area (Å²) in [5.74, 6) is 0.113. The molecular weight excluding hydrogens is 178 g/mol. The first-order chi connectivity index (χ1) is 6.77. The van der Waals surface area contributed by atoms with Crippen LogP contribution in [-0.2, 0) is 4.79 Å². The molecule has 0 aliphatic heterocycles. The number of allylic oxidation sites excluding steroid dienone is 2. The fourth-order valence-corrected chi connectivity index (χ4v) is 1.63. The van der Waals surface area contributed by atoms with Gasteiger partial charge in [-0.1, -0.05) is 6.07 Å². The second-order valence-corrected chi connectivity index (χ2v) is 3.36. The predicted octanol–water partition coefficient (Wildman–Crippen LogP) is 1.44. The molecule has 0 unspecified atom stereocenters. The van der Waals surface area contributed by atoms with Gasteiger partial charge in [0.2, 0.25) is 0 Å². The Labute approximate surface area is 81.7 Å². The molecule has 14 heavy (non-hydrogen) atoms. The normalized spacial score (nSPS) is 16.6. The van der Waals surface area contributed by atoms with Crippen molar-refractivity contribution in [2.45, 2.75) is 19.3 Å². The average Bonchev–Trinajstić information content (AvgIpc) is 2.18. The van der Waals surface area contributed by atoms with Crippen molar-refractivity contribution in [1.29, 1.82) is 0 Å². The Balaban J connectivity index is 2.45. The van der Waals surface area contributed by atoms with Crippen LogP contribution in [0.4, 0.5) is 0 Å². The standard InChI is InChI=1S/C11H11NO2/c13-10-5-3-4-9(8-10)12-7-2-1-6-11(12)14/h1-2,6-8H,3-5H2. The average molecular weight is 189 g/mol. The largest absolute Gasteiger partial charge is 0.295 e. The minimum Gasteiger partial charge on any atom is -0.295 e. The Hall–Kier alpha value is -1.64. The maximum Gasteiger partial charge on any atom is 0.254 e. The van der Waals surface area contributed by atoms with Gasteiger partial charge in [0.1, 0.15) is 0 Å². The van der Waals surface area contributed by atoms with Gasteiger partial charge >= 0.3 is 0 Å². The number of carbonyl (C=O) groups excluding carboxylic acids is 1. The number of aromatic nitrogens is 1. The topological polar surface area (TPSA) is 39.1 Å². The van der Waals surface area contributed by atoms with E-state index in [1.54, 1.807) is 24.4 Å². The van der Waals surface area contributed by atoms with E-state index in [-0.39, 0.29) is 11.3 Å². The van der Waals surface area contributed by atoms with Crippen LogP contribution < -0.4 is 5.56 Å². The van der Waals surface area contributed by atoms with Gasteiger partial charge in [-0.3, -0.25) is 14.2 Å². The predicted molar refractivity (Wildman–Crippen MR) is 53.8 cm³/mol. The molecule has 1 heterocycles. The highest BCUT2D eigenvalue weighted by Crippen LogP contribution is 2.17. The quantitative estimate of drug-likeness (QED) is 0.670. The lowest BCUT2D eigenvalue weighted by Gasteiger charge is -2.13. The second kappa shape index (κ2) is 3.62. The second-order valence-electron chi connectivity index (χ2n) is 3.36. The van der Waals surface area contributed by atoms with Crippen LogP contribution in [0, 0.1) is 0 Å². The van der Waals surface area contributed by atoms with Crippen LogP contribution in [0.15, 0.2) is 35.3 Å². The van der Waals surface area contributed by atoms with Crippen molar-refractivity contribution in [1.82, 2.24) is 4.57 Å². The van der Waals surface area contributed by atoms with E-state index in [0.717, 1.165) is 18.5 Å². The maximum absolute atomic E-state index is 11.4. The Kier molecular flexibility index (Phi) is 2.31. The molecule has 0 spiro atoms. The number of hydrogen-bond donors (Lipinski definition) is 0. The van der Waals surface area contributed by atoms with Crippen molar-refractivity contribution >= 4 is 11.5 Å². The summed E-state index contributed by atoms with van der Waals surface area (Å²) in [6.45, 7) is 0. The molecule has 0 N–H and O–H groups in total. The first-order valence-corrected chi connectivity index (χ1v) is 4.69. The molecule has 0 fully saturated rings.